The molecule has 0 unspecified atom stereocenters. The van der Waals surface area contributed by atoms with Gasteiger partial charge in [-0.15, -0.1) is 0 Å². The van der Waals surface area contributed by atoms with Crippen LogP contribution in [0.4, 0.5) is 0 Å². The molecule has 0 atom stereocenters. The number of hydrogen-bond donors (Lipinski definition) is 0. The molecule has 0 aromatic rings. The van der Waals surface area contributed by atoms with E-state index in [0.29, 0.717) is 0 Å². The highest BCUT2D eigenvalue weighted by Gasteiger charge is 2.17. The molecule has 62 valence electrons. The van der Waals surface area contributed by atoms with Gasteiger partial charge in [0, 0.05) is 6.08 Å². The predicted molar refractivity (Wildman–Crippen MR) is 53.1 cm³/mol. The average Bonchev–Trinajstić information content (AvgIpc) is 2.89. The van der Waals surface area contributed by atoms with Crippen LogP contribution in [0.3, 0.4) is 0 Å². The number of nitrogens with zero attached hydrogens (tertiary/aromatic N) is 1. The fourth-order valence-electron chi connectivity index (χ4n) is 0.727. The van der Waals surface area contributed by atoms with Gasteiger partial charge in [-0.3, -0.25) is 0 Å². The molecule has 1 aliphatic carbocycles. The highest BCUT2D eigenvalue weighted by molar-refractivity contribution is 5.37. The molecule has 0 heterocycles. The van der Waals surface area contributed by atoms with E-state index in [4.69, 9.17) is 0 Å². The van der Waals surface area contributed by atoms with Crippen LogP contribution in [0.5, 0.6) is 0 Å². The Morgan fingerprint density at radius 1 is 1.75 bits per heavy atom. The van der Waals surface area contributed by atoms with Crippen LogP contribution in [0, 0.1) is 6.07 Å². The van der Waals surface area contributed by atoms with Crippen LogP contribution in [0.2, 0.25) is 0 Å². The molecule has 0 fully saturated rings. The molecular formula is C11H14N+. The van der Waals surface area contributed by atoms with Crippen LogP contribution in [-0.4, -0.2) is 0 Å². The van der Waals surface area contributed by atoms with Crippen molar-refractivity contribution in [1.82, 2.24) is 0 Å². The standard InChI is InChI=1S/C11H14N/c1-3-5-6-10(4-2)9-12-11-7-8-11/h3,5-7H,4,8H2,1-2H3/q+1/b5-3-,10-6-. The topological polar surface area (TPSA) is 4.36 Å². The number of allylic oxidation sites excluding steroid dienone is 6. The molecule has 1 heteroatoms. The summed E-state index contributed by atoms with van der Waals surface area (Å²) >= 11 is 0. The number of rotatable bonds is 2. The maximum Gasteiger partial charge on any atom is 0.318 e. The number of hydrogen-bond acceptors (Lipinski definition) is 0. The minimum Gasteiger partial charge on any atom is -0.0876 e. The monoisotopic (exact) mass is 160 g/mol. The first-order chi connectivity index (χ1) is 5.86. The Bertz CT molecular complexity index is 295. The lowest BCUT2D eigenvalue weighted by Crippen LogP contribution is -1.71. The van der Waals surface area contributed by atoms with E-state index in [1.807, 2.05) is 25.2 Å². The maximum absolute atomic E-state index is 4.17. The molecule has 0 saturated heterocycles. The summed E-state index contributed by atoms with van der Waals surface area (Å²) in [4.78, 5) is 4.17. The second kappa shape index (κ2) is 4.56. The summed E-state index contributed by atoms with van der Waals surface area (Å²) in [6, 6.07) is 3.03. The van der Waals surface area contributed by atoms with Gasteiger partial charge in [0.05, 0.1) is 12.0 Å². The molecule has 1 nitrogen and oxygen atoms in total. The largest absolute Gasteiger partial charge is 0.318 e. The van der Waals surface area contributed by atoms with Gasteiger partial charge in [0.15, 0.2) is 0 Å². The van der Waals surface area contributed by atoms with E-state index in [2.05, 4.69) is 23.9 Å². The summed E-state index contributed by atoms with van der Waals surface area (Å²) in [6.45, 7) is 4.11. The Labute approximate surface area is 73.9 Å². The molecule has 1 aliphatic rings. The van der Waals surface area contributed by atoms with Crippen molar-refractivity contribution in [2.45, 2.75) is 26.7 Å². The van der Waals surface area contributed by atoms with Crippen molar-refractivity contribution in [3.05, 3.63) is 40.4 Å². The zero-order valence-electron chi connectivity index (χ0n) is 7.67. The molecule has 0 spiro atoms. The molecule has 0 saturated carbocycles. The molecule has 0 amide bonds. The predicted octanol–water partition coefficient (Wildman–Crippen LogP) is 3.52. The van der Waals surface area contributed by atoms with Crippen LogP contribution >= 0.6 is 0 Å². The lowest BCUT2D eigenvalue weighted by Gasteiger charge is -1.80. The van der Waals surface area contributed by atoms with E-state index in [0.717, 1.165) is 24.1 Å². The van der Waals surface area contributed by atoms with Crippen molar-refractivity contribution in [3.63, 3.8) is 0 Å². The van der Waals surface area contributed by atoms with Crippen molar-refractivity contribution >= 4 is 0 Å². The Morgan fingerprint density at radius 3 is 3.00 bits per heavy atom. The van der Waals surface area contributed by atoms with Crippen LogP contribution in [0.25, 0.3) is 4.85 Å². The van der Waals surface area contributed by atoms with Crippen molar-refractivity contribution in [3.8, 4) is 6.07 Å². The lowest BCUT2D eigenvalue weighted by molar-refractivity contribution is 1.16. The summed E-state index contributed by atoms with van der Waals surface area (Å²) in [7, 11) is 0. The molecule has 0 bridgehead atoms. The van der Waals surface area contributed by atoms with Crippen LogP contribution in [0.15, 0.2) is 35.6 Å². The van der Waals surface area contributed by atoms with Gasteiger partial charge < -0.3 is 0 Å². The quantitative estimate of drug-likeness (QED) is 0.430. The third kappa shape index (κ3) is 3.21. The third-order valence-electron chi connectivity index (χ3n) is 1.60. The minimum absolute atomic E-state index is 0.987. The van der Waals surface area contributed by atoms with E-state index < -0.39 is 0 Å². The van der Waals surface area contributed by atoms with E-state index in [1.165, 1.54) is 0 Å². The fourth-order valence-corrected chi connectivity index (χ4v) is 0.727. The highest BCUT2D eigenvalue weighted by atomic mass is 14.7. The second-order valence-electron chi connectivity index (χ2n) is 2.69. The smallest absolute Gasteiger partial charge is 0.0876 e. The normalized spacial score (nSPS) is 15.5. The highest BCUT2D eigenvalue weighted by Crippen LogP contribution is 2.19. The fraction of sp³-hybridized carbons (Fsp3) is 0.364. The summed E-state index contributed by atoms with van der Waals surface area (Å²) in [5, 5.41) is 0. The molecule has 0 N–H and O–H groups in total. The summed E-state index contributed by atoms with van der Waals surface area (Å²) < 4.78 is 0. The van der Waals surface area contributed by atoms with E-state index in [1.54, 1.807) is 0 Å². The van der Waals surface area contributed by atoms with Gasteiger partial charge >= 0.3 is 11.8 Å². The Kier molecular flexibility index (Phi) is 3.35. The van der Waals surface area contributed by atoms with Crippen molar-refractivity contribution in [1.29, 1.82) is 0 Å². The molecule has 1 rings (SSSR count). The molecule has 0 aromatic heterocycles. The van der Waals surface area contributed by atoms with E-state index >= 15 is 0 Å². The SMILES string of the molecule is C/C=C\C=C(/C#[N+]C1=CC1)CC. The third-order valence-corrected chi connectivity index (χ3v) is 1.60. The Morgan fingerprint density at radius 2 is 2.50 bits per heavy atom. The van der Waals surface area contributed by atoms with Crippen LogP contribution in [0.1, 0.15) is 26.7 Å². The van der Waals surface area contributed by atoms with Crippen LogP contribution < -0.4 is 0 Å². The Balaban J connectivity index is 2.56. The van der Waals surface area contributed by atoms with Gasteiger partial charge in [-0.2, -0.15) is 0 Å². The summed E-state index contributed by atoms with van der Waals surface area (Å²) in [6.07, 6.45) is 10.2. The van der Waals surface area contributed by atoms with Gasteiger partial charge in [0.2, 0.25) is 0 Å². The summed E-state index contributed by atoms with van der Waals surface area (Å²) in [5.74, 6) is 0. The van der Waals surface area contributed by atoms with Crippen molar-refractivity contribution in [2.75, 3.05) is 0 Å². The van der Waals surface area contributed by atoms with Crippen LogP contribution in [-0.2, 0) is 0 Å². The maximum atomic E-state index is 4.17. The lowest BCUT2D eigenvalue weighted by atomic mass is 10.2. The first-order valence-corrected chi connectivity index (χ1v) is 4.34. The average molecular weight is 160 g/mol. The van der Waals surface area contributed by atoms with Gasteiger partial charge in [-0.05, 0) is 24.3 Å². The minimum atomic E-state index is 0.987. The summed E-state index contributed by atoms with van der Waals surface area (Å²) in [5.41, 5.74) is 2.32. The van der Waals surface area contributed by atoms with Gasteiger partial charge in [-0.25, -0.2) is 0 Å². The van der Waals surface area contributed by atoms with Crippen molar-refractivity contribution < 1.29 is 0 Å². The first kappa shape index (κ1) is 8.80. The molecule has 0 aliphatic heterocycles. The zero-order chi connectivity index (χ0) is 8.81. The van der Waals surface area contributed by atoms with E-state index in [9.17, 15) is 0 Å². The van der Waals surface area contributed by atoms with E-state index in [-0.39, 0.29) is 0 Å². The molecule has 0 aromatic carbocycles. The molecule has 12 heavy (non-hydrogen) atoms. The van der Waals surface area contributed by atoms with Gasteiger partial charge in [0.1, 0.15) is 0 Å². The zero-order valence-corrected chi connectivity index (χ0v) is 7.67. The Hall–Kier alpha value is -1.29. The molecule has 0 radical (unpaired) electrons. The first-order valence-electron chi connectivity index (χ1n) is 4.34. The van der Waals surface area contributed by atoms with Gasteiger partial charge in [0.25, 0.3) is 0 Å². The second-order valence-corrected chi connectivity index (χ2v) is 2.69. The van der Waals surface area contributed by atoms with Gasteiger partial charge in [-0.1, -0.05) is 19.1 Å². The molecular weight excluding hydrogens is 146 g/mol. The van der Waals surface area contributed by atoms with Crippen molar-refractivity contribution in [2.24, 2.45) is 0 Å².